The summed E-state index contributed by atoms with van der Waals surface area (Å²) >= 11 is 0. The summed E-state index contributed by atoms with van der Waals surface area (Å²) in [5.74, 6) is -1.78. The Labute approximate surface area is 220 Å². The summed E-state index contributed by atoms with van der Waals surface area (Å²) in [5, 5.41) is 15.3. The number of fused-ring (bicyclic) bond motifs is 1. The summed E-state index contributed by atoms with van der Waals surface area (Å²) in [5.41, 5.74) is -0.717. The van der Waals surface area contributed by atoms with Gasteiger partial charge in [0.2, 0.25) is 17.7 Å². The van der Waals surface area contributed by atoms with Crippen LogP contribution < -0.4 is 10.6 Å². The molecule has 4 rings (SSSR count). The minimum absolute atomic E-state index is 0.105. The summed E-state index contributed by atoms with van der Waals surface area (Å²) in [6, 6.07) is 8.99. The van der Waals surface area contributed by atoms with E-state index in [1.807, 2.05) is 37.3 Å². The molecule has 3 N–H and O–H groups in total. The Bertz CT molecular complexity index is 956. The molecule has 37 heavy (non-hydrogen) atoms. The molecule has 5 atom stereocenters. The molecule has 1 aromatic carbocycles. The van der Waals surface area contributed by atoms with Crippen LogP contribution in [0.25, 0.3) is 0 Å². The number of aliphatic hydroxyl groups is 1. The van der Waals surface area contributed by atoms with Gasteiger partial charge in [0.1, 0.15) is 11.6 Å². The molecule has 3 fully saturated rings. The van der Waals surface area contributed by atoms with Crippen LogP contribution in [0.5, 0.6) is 0 Å². The molecule has 1 aromatic rings. The van der Waals surface area contributed by atoms with Gasteiger partial charge in [0.05, 0.1) is 17.4 Å². The van der Waals surface area contributed by atoms with Crippen LogP contribution in [0.2, 0.25) is 0 Å². The van der Waals surface area contributed by atoms with Gasteiger partial charge in [-0.2, -0.15) is 0 Å². The molecule has 3 amide bonds. The predicted octanol–water partition coefficient (Wildman–Crippen LogP) is 2.93. The van der Waals surface area contributed by atoms with Gasteiger partial charge in [0.15, 0.2) is 0 Å². The summed E-state index contributed by atoms with van der Waals surface area (Å²) in [7, 11) is 0. The third-order valence-corrected chi connectivity index (χ3v) is 8.66. The van der Waals surface area contributed by atoms with Crippen molar-refractivity contribution in [2.45, 2.75) is 95.4 Å². The number of carbonyl (C=O) groups is 3. The van der Waals surface area contributed by atoms with E-state index in [0.29, 0.717) is 51.7 Å². The molecule has 8 nitrogen and oxygen atoms in total. The lowest BCUT2D eigenvalue weighted by atomic mass is 9.65. The number of ether oxygens (including phenoxy) is 1. The Morgan fingerprint density at radius 1 is 1.03 bits per heavy atom. The number of rotatable bonds is 14. The van der Waals surface area contributed by atoms with Gasteiger partial charge in [-0.05, 0) is 50.5 Å². The van der Waals surface area contributed by atoms with Gasteiger partial charge < -0.3 is 25.4 Å². The number of benzene rings is 1. The summed E-state index contributed by atoms with van der Waals surface area (Å²) in [4.78, 5) is 43.0. The maximum Gasteiger partial charge on any atom is 0.245 e. The maximum atomic E-state index is 14.0. The van der Waals surface area contributed by atoms with Crippen molar-refractivity contribution < 1.29 is 24.2 Å². The first-order valence-electron chi connectivity index (χ1n) is 14.1. The van der Waals surface area contributed by atoms with Crippen LogP contribution in [-0.4, -0.2) is 64.7 Å². The largest absolute Gasteiger partial charge is 0.396 e. The first-order chi connectivity index (χ1) is 17.9. The molecule has 3 heterocycles. The van der Waals surface area contributed by atoms with Crippen LogP contribution in [0.1, 0.15) is 77.2 Å². The quantitative estimate of drug-likeness (QED) is 0.332. The number of nitrogens with one attached hydrogen (secondary N) is 2. The van der Waals surface area contributed by atoms with Gasteiger partial charge in [-0.15, -0.1) is 0 Å². The second-order valence-electron chi connectivity index (χ2n) is 10.9. The van der Waals surface area contributed by atoms with Crippen LogP contribution in [0.15, 0.2) is 30.3 Å². The molecule has 3 saturated heterocycles. The molecule has 8 heteroatoms. The number of likely N-dealkylation sites (tertiary alicyclic amines) is 1. The summed E-state index contributed by atoms with van der Waals surface area (Å²) < 4.78 is 6.77. The van der Waals surface area contributed by atoms with E-state index in [9.17, 15) is 19.5 Å². The van der Waals surface area contributed by atoms with Crippen molar-refractivity contribution in [2.24, 2.45) is 11.8 Å². The highest BCUT2D eigenvalue weighted by atomic mass is 16.5. The first kappa shape index (κ1) is 27.6. The zero-order chi connectivity index (χ0) is 26.5. The molecule has 0 aromatic heterocycles. The van der Waals surface area contributed by atoms with E-state index in [4.69, 9.17) is 4.74 Å². The molecule has 3 aliphatic rings. The lowest BCUT2D eigenvalue weighted by molar-refractivity contribution is -0.147. The standard InChI is InChI=1S/C29H43N3O5/c1-3-5-10-17-30-26(35)24-29-16-15-28(4-2,37-29)22(25(34)31-20-21-13-8-6-9-14-21)23(29)27(36)32(24)18-11-7-12-19-33/h6,8-9,13-14,22-24,33H,3-5,7,10-12,15-20H2,1-2H3,(H,30,35)(H,31,34)/t22-,23-,24?,28+,29?/m0/s1. The molecule has 0 saturated carbocycles. The Kier molecular flexibility index (Phi) is 8.90. The van der Waals surface area contributed by atoms with E-state index >= 15 is 0 Å². The third-order valence-electron chi connectivity index (χ3n) is 8.66. The molecular formula is C29H43N3O5. The molecular weight excluding hydrogens is 470 g/mol. The highest BCUT2D eigenvalue weighted by molar-refractivity contribution is 5.99. The number of aliphatic hydroxyl groups excluding tert-OH is 1. The van der Waals surface area contributed by atoms with Gasteiger partial charge in [-0.1, -0.05) is 57.0 Å². The number of hydrogen-bond acceptors (Lipinski definition) is 5. The van der Waals surface area contributed by atoms with Gasteiger partial charge in [0.25, 0.3) is 0 Å². The van der Waals surface area contributed by atoms with Crippen molar-refractivity contribution in [1.29, 1.82) is 0 Å². The third kappa shape index (κ3) is 5.15. The average molecular weight is 514 g/mol. The SMILES string of the molecule is CCCCCNC(=O)C1N(CCCCCO)C(=O)[C@@H]2[C@@H](C(=O)NCc3ccccc3)[C@@]3(CC)CCC12O3. The number of unbranched alkanes of at least 4 members (excludes halogenated alkanes) is 4. The van der Waals surface area contributed by atoms with Crippen molar-refractivity contribution in [3.05, 3.63) is 35.9 Å². The molecule has 1 spiro atoms. The van der Waals surface area contributed by atoms with Gasteiger partial charge >= 0.3 is 0 Å². The average Bonchev–Trinajstić information content (AvgIpc) is 3.52. The second kappa shape index (κ2) is 11.9. The summed E-state index contributed by atoms with van der Waals surface area (Å²) in [6.07, 6.45) is 6.97. The normalized spacial score (nSPS) is 30.0. The van der Waals surface area contributed by atoms with Crippen molar-refractivity contribution in [2.75, 3.05) is 19.7 Å². The van der Waals surface area contributed by atoms with E-state index in [1.165, 1.54) is 0 Å². The van der Waals surface area contributed by atoms with Crippen LogP contribution in [-0.2, 0) is 25.7 Å². The molecule has 2 bridgehead atoms. The van der Waals surface area contributed by atoms with Crippen molar-refractivity contribution in [3.63, 3.8) is 0 Å². The molecule has 0 radical (unpaired) electrons. The fourth-order valence-corrected chi connectivity index (χ4v) is 6.81. The van der Waals surface area contributed by atoms with Crippen LogP contribution in [0.3, 0.4) is 0 Å². The molecule has 2 unspecified atom stereocenters. The van der Waals surface area contributed by atoms with Crippen LogP contribution in [0.4, 0.5) is 0 Å². The van der Waals surface area contributed by atoms with Crippen molar-refractivity contribution >= 4 is 17.7 Å². The van der Waals surface area contributed by atoms with E-state index in [0.717, 1.165) is 31.2 Å². The smallest absolute Gasteiger partial charge is 0.245 e. The fourth-order valence-electron chi connectivity index (χ4n) is 6.81. The van der Waals surface area contributed by atoms with Crippen molar-refractivity contribution in [1.82, 2.24) is 15.5 Å². The molecule has 3 aliphatic heterocycles. The Morgan fingerprint density at radius 2 is 1.81 bits per heavy atom. The van der Waals surface area contributed by atoms with Crippen LogP contribution in [0, 0.1) is 11.8 Å². The minimum atomic E-state index is -0.979. The van der Waals surface area contributed by atoms with Gasteiger partial charge in [-0.25, -0.2) is 0 Å². The summed E-state index contributed by atoms with van der Waals surface area (Å²) in [6.45, 7) is 5.60. The zero-order valence-corrected chi connectivity index (χ0v) is 22.3. The monoisotopic (exact) mass is 513 g/mol. The fraction of sp³-hybridized carbons (Fsp3) is 0.690. The van der Waals surface area contributed by atoms with E-state index < -0.39 is 29.1 Å². The van der Waals surface area contributed by atoms with E-state index in [1.54, 1.807) is 4.90 Å². The lowest BCUT2D eigenvalue weighted by Gasteiger charge is -2.34. The minimum Gasteiger partial charge on any atom is -0.396 e. The van der Waals surface area contributed by atoms with E-state index in [-0.39, 0.29) is 24.3 Å². The Morgan fingerprint density at radius 3 is 2.51 bits per heavy atom. The molecule has 204 valence electrons. The number of hydrogen-bond donors (Lipinski definition) is 3. The lowest BCUT2D eigenvalue weighted by Crippen LogP contribution is -2.55. The predicted molar refractivity (Wildman–Crippen MR) is 140 cm³/mol. The zero-order valence-electron chi connectivity index (χ0n) is 22.3. The van der Waals surface area contributed by atoms with E-state index in [2.05, 4.69) is 17.6 Å². The van der Waals surface area contributed by atoms with Crippen LogP contribution >= 0.6 is 0 Å². The highest BCUT2D eigenvalue weighted by Gasteiger charge is 2.78. The Hall–Kier alpha value is -2.45. The molecule has 0 aliphatic carbocycles. The number of amides is 3. The second-order valence-corrected chi connectivity index (χ2v) is 10.9. The van der Waals surface area contributed by atoms with Crippen molar-refractivity contribution in [3.8, 4) is 0 Å². The maximum absolute atomic E-state index is 14.0. The number of nitrogens with zero attached hydrogens (tertiary/aromatic N) is 1. The highest BCUT2D eigenvalue weighted by Crippen LogP contribution is 2.64. The first-order valence-corrected chi connectivity index (χ1v) is 14.1. The Balaban J connectivity index is 1.59. The van der Waals surface area contributed by atoms with Gasteiger partial charge in [-0.3, -0.25) is 14.4 Å². The van der Waals surface area contributed by atoms with Gasteiger partial charge in [0, 0.05) is 26.2 Å². The topological polar surface area (TPSA) is 108 Å². The number of carbonyl (C=O) groups excluding carboxylic acids is 3.